The molecule has 0 atom stereocenters. The summed E-state index contributed by atoms with van der Waals surface area (Å²) < 4.78 is 5.70. The third-order valence-electron chi connectivity index (χ3n) is 3.00. The summed E-state index contributed by atoms with van der Waals surface area (Å²) in [7, 11) is 0. The fourth-order valence-electron chi connectivity index (χ4n) is 1.87. The quantitative estimate of drug-likeness (QED) is 0.468. The van der Waals surface area contributed by atoms with E-state index in [0.717, 1.165) is 18.3 Å². The predicted molar refractivity (Wildman–Crippen MR) is 93.8 cm³/mol. The van der Waals surface area contributed by atoms with E-state index < -0.39 is 0 Å². The van der Waals surface area contributed by atoms with Crippen molar-refractivity contribution in [3.63, 3.8) is 0 Å². The van der Waals surface area contributed by atoms with Gasteiger partial charge in [0.15, 0.2) is 5.96 Å². The molecule has 0 unspecified atom stereocenters. The number of rotatable bonds is 7. The first-order valence-corrected chi connectivity index (χ1v) is 8.40. The van der Waals surface area contributed by atoms with E-state index in [1.807, 2.05) is 18.2 Å². The Morgan fingerprint density at radius 1 is 1.18 bits per heavy atom. The molecule has 1 aromatic carbocycles. The Bertz CT molecular complexity index is 564. The number of nitrogens with zero attached hydrogens (tertiary/aromatic N) is 1. The van der Waals surface area contributed by atoms with Crippen LogP contribution in [0.1, 0.15) is 17.4 Å². The average Bonchev–Trinajstić information content (AvgIpc) is 3.04. The summed E-state index contributed by atoms with van der Waals surface area (Å²) in [4.78, 5) is 5.82. The van der Waals surface area contributed by atoms with E-state index in [0.29, 0.717) is 19.7 Å². The van der Waals surface area contributed by atoms with Crippen molar-refractivity contribution >= 4 is 17.3 Å². The van der Waals surface area contributed by atoms with Crippen molar-refractivity contribution < 1.29 is 4.74 Å². The van der Waals surface area contributed by atoms with Crippen molar-refractivity contribution in [2.45, 2.75) is 20.4 Å². The summed E-state index contributed by atoms with van der Waals surface area (Å²) >= 11 is 1.72. The van der Waals surface area contributed by atoms with Crippen LogP contribution in [0.2, 0.25) is 0 Å². The van der Waals surface area contributed by atoms with Crippen LogP contribution in [-0.2, 0) is 6.54 Å². The number of aliphatic imine (C=N–C) groups is 1. The zero-order valence-corrected chi connectivity index (χ0v) is 14.0. The van der Waals surface area contributed by atoms with Gasteiger partial charge < -0.3 is 15.4 Å². The molecule has 0 amide bonds. The second-order valence-electron chi connectivity index (χ2n) is 4.86. The molecule has 1 heterocycles. The number of benzene rings is 1. The molecule has 2 rings (SSSR count). The van der Waals surface area contributed by atoms with Crippen LogP contribution >= 0.6 is 11.3 Å². The molecule has 0 aliphatic heterocycles. The fourth-order valence-corrected chi connectivity index (χ4v) is 2.50. The van der Waals surface area contributed by atoms with Gasteiger partial charge in [-0.05, 0) is 37.4 Å². The minimum absolute atomic E-state index is 0.604. The van der Waals surface area contributed by atoms with E-state index in [1.165, 1.54) is 10.4 Å². The largest absolute Gasteiger partial charge is 0.492 e. The molecule has 0 radical (unpaired) electrons. The summed E-state index contributed by atoms with van der Waals surface area (Å²) in [6.45, 7) is 6.99. The molecule has 0 aliphatic carbocycles. The van der Waals surface area contributed by atoms with Crippen molar-refractivity contribution in [3.05, 3.63) is 52.2 Å². The highest BCUT2D eigenvalue weighted by atomic mass is 32.1. The van der Waals surface area contributed by atoms with Gasteiger partial charge in [-0.25, -0.2) is 4.99 Å². The van der Waals surface area contributed by atoms with Gasteiger partial charge in [0, 0.05) is 11.4 Å². The number of ether oxygens (including phenoxy) is 1. The van der Waals surface area contributed by atoms with E-state index in [-0.39, 0.29) is 0 Å². The second-order valence-corrected chi connectivity index (χ2v) is 5.90. The Morgan fingerprint density at radius 3 is 2.68 bits per heavy atom. The number of thiophene rings is 1. The summed E-state index contributed by atoms with van der Waals surface area (Å²) in [6.07, 6.45) is 0. The van der Waals surface area contributed by atoms with E-state index in [2.05, 4.69) is 53.1 Å². The van der Waals surface area contributed by atoms with E-state index in [9.17, 15) is 0 Å². The normalized spacial score (nSPS) is 11.3. The third-order valence-corrected chi connectivity index (χ3v) is 3.86. The van der Waals surface area contributed by atoms with Gasteiger partial charge in [0.1, 0.15) is 12.4 Å². The molecule has 0 spiro atoms. The second kappa shape index (κ2) is 9.10. The van der Waals surface area contributed by atoms with Crippen molar-refractivity contribution in [1.29, 1.82) is 0 Å². The molecule has 0 saturated carbocycles. The maximum absolute atomic E-state index is 5.70. The van der Waals surface area contributed by atoms with E-state index in [4.69, 9.17) is 4.74 Å². The first kappa shape index (κ1) is 16.4. The molecular formula is C17H23N3OS. The highest BCUT2D eigenvalue weighted by Crippen LogP contribution is 2.11. The van der Waals surface area contributed by atoms with E-state index >= 15 is 0 Å². The van der Waals surface area contributed by atoms with Crippen molar-refractivity contribution in [2.75, 3.05) is 19.7 Å². The summed E-state index contributed by atoms with van der Waals surface area (Å²) in [5.74, 6) is 1.72. The molecule has 5 heteroatoms. The van der Waals surface area contributed by atoms with Gasteiger partial charge >= 0.3 is 0 Å². The lowest BCUT2D eigenvalue weighted by Crippen LogP contribution is -2.39. The van der Waals surface area contributed by atoms with Crippen molar-refractivity contribution in [1.82, 2.24) is 10.6 Å². The smallest absolute Gasteiger partial charge is 0.191 e. The van der Waals surface area contributed by atoms with Gasteiger partial charge in [-0.2, -0.15) is 0 Å². The molecule has 0 saturated heterocycles. The molecule has 0 aliphatic rings. The van der Waals surface area contributed by atoms with E-state index in [1.54, 1.807) is 11.3 Å². The molecule has 1 aromatic heterocycles. The standard InChI is InChI=1S/C17H23N3OS/c1-3-18-17(20-13-16-5-4-12-22-16)19-10-11-21-15-8-6-14(2)7-9-15/h4-9,12H,3,10-11,13H2,1-2H3,(H2,18,19,20). The van der Waals surface area contributed by atoms with Crippen LogP contribution in [0.15, 0.2) is 46.8 Å². The molecule has 2 N–H and O–H groups in total. The van der Waals surface area contributed by atoms with Crippen LogP contribution in [-0.4, -0.2) is 25.7 Å². The lowest BCUT2D eigenvalue weighted by atomic mass is 10.2. The number of aryl methyl sites for hydroxylation is 1. The Hall–Kier alpha value is -2.01. The van der Waals surface area contributed by atoms with Crippen LogP contribution < -0.4 is 15.4 Å². The SMILES string of the molecule is CCNC(=NCc1cccs1)NCCOc1ccc(C)cc1. The van der Waals surface area contributed by atoms with Crippen molar-refractivity contribution in [2.24, 2.45) is 4.99 Å². The van der Waals surface area contributed by atoms with Crippen LogP contribution in [0.5, 0.6) is 5.75 Å². The number of nitrogens with one attached hydrogen (secondary N) is 2. The lowest BCUT2D eigenvalue weighted by molar-refractivity contribution is 0.322. The van der Waals surface area contributed by atoms with Gasteiger partial charge in [-0.3, -0.25) is 0 Å². The number of guanidine groups is 1. The Balaban J connectivity index is 1.74. The first-order valence-electron chi connectivity index (χ1n) is 7.52. The Labute approximate surface area is 136 Å². The van der Waals surface area contributed by atoms with Gasteiger partial charge in [0.2, 0.25) is 0 Å². The number of hydrogen-bond donors (Lipinski definition) is 2. The zero-order valence-electron chi connectivity index (χ0n) is 13.1. The minimum Gasteiger partial charge on any atom is -0.492 e. The highest BCUT2D eigenvalue weighted by Gasteiger charge is 1.98. The molecule has 2 aromatic rings. The maximum atomic E-state index is 5.70. The molecule has 4 nitrogen and oxygen atoms in total. The predicted octanol–water partition coefficient (Wildman–Crippen LogP) is 3.19. The summed E-state index contributed by atoms with van der Waals surface area (Å²) in [6, 6.07) is 12.2. The monoisotopic (exact) mass is 317 g/mol. The first-order chi connectivity index (χ1) is 10.8. The topological polar surface area (TPSA) is 45.7 Å². The molecule has 118 valence electrons. The molecule has 22 heavy (non-hydrogen) atoms. The lowest BCUT2D eigenvalue weighted by Gasteiger charge is -2.12. The van der Waals surface area contributed by atoms with Gasteiger partial charge in [0.25, 0.3) is 0 Å². The zero-order chi connectivity index (χ0) is 15.6. The fraction of sp³-hybridized carbons (Fsp3) is 0.353. The summed E-state index contributed by atoms with van der Waals surface area (Å²) in [5.41, 5.74) is 1.24. The van der Waals surface area contributed by atoms with Crippen LogP contribution in [0.4, 0.5) is 0 Å². The minimum atomic E-state index is 0.604. The number of hydrogen-bond acceptors (Lipinski definition) is 3. The highest BCUT2D eigenvalue weighted by molar-refractivity contribution is 7.09. The van der Waals surface area contributed by atoms with Gasteiger partial charge in [-0.15, -0.1) is 11.3 Å². The Morgan fingerprint density at radius 2 is 2.00 bits per heavy atom. The molecule has 0 fully saturated rings. The third kappa shape index (κ3) is 5.77. The van der Waals surface area contributed by atoms with Crippen LogP contribution in [0, 0.1) is 6.92 Å². The Kier molecular flexibility index (Phi) is 6.77. The summed E-state index contributed by atoms with van der Waals surface area (Å²) in [5, 5.41) is 8.59. The van der Waals surface area contributed by atoms with Gasteiger partial charge in [-0.1, -0.05) is 23.8 Å². The molecular weight excluding hydrogens is 294 g/mol. The average molecular weight is 317 g/mol. The van der Waals surface area contributed by atoms with Gasteiger partial charge in [0.05, 0.1) is 13.1 Å². The maximum Gasteiger partial charge on any atom is 0.191 e. The molecule has 0 bridgehead atoms. The van der Waals surface area contributed by atoms with Crippen molar-refractivity contribution in [3.8, 4) is 5.75 Å². The van der Waals surface area contributed by atoms with Crippen LogP contribution in [0.3, 0.4) is 0 Å². The van der Waals surface area contributed by atoms with Crippen LogP contribution in [0.25, 0.3) is 0 Å².